The van der Waals surface area contributed by atoms with E-state index in [0.717, 1.165) is 21.6 Å². The van der Waals surface area contributed by atoms with Gasteiger partial charge in [-0.1, -0.05) is 60.1 Å². The molecule has 4 nitrogen and oxygen atoms in total. The number of carbonyl (C=O) groups is 1. The molecule has 0 saturated heterocycles. The molecule has 0 radical (unpaired) electrons. The van der Waals surface area contributed by atoms with Crippen molar-refractivity contribution in [1.29, 1.82) is 0 Å². The molecule has 0 saturated carbocycles. The lowest BCUT2D eigenvalue weighted by Crippen LogP contribution is -2.28. The van der Waals surface area contributed by atoms with E-state index in [1.54, 1.807) is 6.92 Å². The van der Waals surface area contributed by atoms with Crippen molar-refractivity contribution < 1.29 is 9.53 Å². The molecule has 0 fully saturated rings. The molecular weight excluding hydrogens is 424 g/mol. The van der Waals surface area contributed by atoms with E-state index in [0.29, 0.717) is 33.9 Å². The number of anilines is 1. The Morgan fingerprint density at radius 2 is 1.83 bits per heavy atom. The number of thiocarbonyl (C=S) groups is 1. The fraction of sp³-hybridized carbons (Fsp3) is 0.182. The van der Waals surface area contributed by atoms with Crippen molar-refractivity contribution >= 4 is 51.2 Å². The van der Waals surface area contributed by atoms with Gasteiger partial charge in [0.1, 0.15) is 10.6 Å². The van der Waals surface area contributed by atoms with Gasteiger partial charge in [0.25, 0.3) is 0 Å². The third-order valence-corrected chi connectivity index (χ3v) is 5.89. The zero-order valence-corrected chi connectivity index (χ0v) is 18.5. The van der Waals surface area contributed by atoms with Crippen molar-refractivity contribution in [2.24, 2.45) is 0 Å². The summed E-state index contributed by atoms with van der Waals surface area (Å²) in [6.45, 7) is 4.57. The highest BCUT2D eigenvalue weighted by Gasteiger charge is 2.24. The van der Waals surface area contributed by atoms with E-state index in [2.05, 4.69) is 10.6 Å². The van der Waals surface area contributed by atoms with Crippen LogP contribution in [-0.2, 0) is 11.3 Å². The highest BCUT2D eigenvalue weighted by atomic mass is 35.5. The van der Waals surface area contributed by atoms with Crippen LogP contribution in [0.15, 0.2) is 54.6 Å². The predicted octanol–water partition coefficient (Wildman–Crippen LogP) is 6.04. The van der Waals surface area contributed by atoms with Gasteiger partial charge in [0.15, 0.2) is 5.11 Å². The fourth-order valence-corrected chi connectivity index (χ4v) is 4.46. The average Bonchev–Trinajstić information content (AvgIpc) is 3.04. The lowest BCUT2D eigenvalue weighted by Gasteiger charge is -2.12. The number of hydrogen-bond donors (Lipinski definition) is 2. The van der Waals surface area contributed by atoms with Crippen LogP contribution >= 0.6 is 35.2 Å². The van der Waals surface area contributed by atoms with Gasteiger partial charge in [-0.15, -0.1) is 11.3 Å². The predicted molar refractivity (Wildman–Crippen MR) is 125 cm³/mol. The first-order chi connectivity index (χ1) is 14.0. The Bertz CT molecular complexity index is 1020. The van der Waals surface area contributed by atoms with Gasteiger partial charge < -0.3 is 15.4 Å². The van der Waals surface area contributed by atoms with Gasteiger partial charge >= 0.3 is 5.97 Å². The lowest BCUT2D eigenvalue weighted by molar-refractivity contribution is 0.0529. The summed E-state index contributed by atoms with van der Waals surface area (Å²) >= 11 is 13.1. The Hall–Kier alpha value is -2.41. The molecule has 2 N–H and O–H groups in total. The number of rotatable bonds is 6. The minimum atomic E-state index is -0.368. The van der Waals surface area contributed by atoms with E-state index >= 15 is 0 Å². The van der Waals surface area contributed by atoms with Gasteiger partial charge in [0.2, 0.25) is 0 Å². The van der Waals surface area contributed by atoms with E-state index in [9.17, 15) is 4.79 Å². The van der Waals surface area contributed by atoms with Gasteiger partial charge in [-0.2, -0.15) is 0 Å². The average molecular weight is 445 g/mol. The summed E-state index contributed by atoms with van der Waals surface area (Å²) in [5.74, 6) is -0.368. The number of thiophene rings is 1. The second kappa shape index (κ2) is 9.87. The molecular formula is C22H21ClN2O2S2. The Morgan fingerprint density at radius 1 is 1.14 bits per heavy atom. The molecule has 3 aromatic rings. The number of carbonyl (C=O) groups excluding carboxylic acids is 1. The number of aryl methyl sites for hydroxylation is 1. The Kier molecular flexibility index (Phi) is 7.25. The SMILES string of the molecule is CCOC(=O)c1c(NC(=S)NCc2ccccc2Cl)sc(C)c1-c1ccccc1. The Labute approximate surface area is 184 Å². The summed E-state index contributed by atoms with van der Waals surface area (Å²) in [5.41, 5.74) is 3.27. The van der Waals surface area contributed by atoms with Gasteiger partial charge in [0, 0.05) is 22.0 Å². The van der Waals surface area contributed by atoms with Crippen molar-refractivity contribution in [1.82, 2.24) is 5.32 Å². The molecule has 0 atom stereocenters. The largest absolute Gasteiger partial charge is 0.462 e. The maximum Gasteiger partial charge on any atom is 0.341 e. The number of halogens is 1. The number of ether oxygens (including phenoxy) is 1. The summed E-state index contributed by atoms with van der Waals surface area (Å²) in [7, 11) is 0. The first-order valence-electron chi connectivity index (χ1n) is 9.15. The van der Waals surface area contributed by atoms with Crippen LogP contribution in [0, 0.1) is 6.92 Å². The van der Waals surface area contributed by atoms with Crippen LogP contribution in [0.2, 0.25) is 5.02 Å². The second-order valence-corrected chi connectivity index (χ2v) is 8.26. The molecule has 0 aliphatic heterocycles. The van der Waals surface area contributed by atoms with Crippen LogP contribution < -0.4 is 10.6 Å². The summed E-state index contributed by atoms with van der Waals surface area (Å²) in [6.07, 6.45) is 0. The number of hydrogen-bond acceptors (Lipinski definition) is 4. The zero-order valence-electron chi connectivity index (χ0n) is 16.1. The van der Waals surface area contributed by atoms with Crippen molar-refractivity contribution in [3.63, 3.8) is 0 Å². The molecule has 2 aromatic carbocycles. The highest BCUT2D eigenvalue weighted by molar-refractivity contribution is 7.80. The molecule has 0 amide bonds. The quantitative estimate of drug-likeness (QED) is 0.358. The van der Waals surface area contributed by atoms with Crippen molar-refractivity contribution in [2.45, 2.75) is 20.4 Å². The van der Waals surface area contributed by atoms with Crippen LogP contribution in [0.5, 0.6) is 0 Å². The molecule has 1 aromatic heterocycles. The van der Waals surface area contributed by atoms with Crippen LogP contribution in [-0.4, -0.2) is 17.7 Å². The maximum atomic E-state index is 12.7. The molecule has 1 heterocycles. The first-order valence-corrected chi connectivity index (χ1v) is 10.8. The molecule has 0 spiro atoms. The van der Waals surface area contributed by atoms with Gasteiger partial charge in [0.05, 0.1) is 6.61 Å². The molecule has 0 aliphatic carbocycles. The standard InChI is InChI=1S/C22H21ClN2O2S2/c1-3-27-21(26)19-18(15-9-5-4-6-10-15)14(2)29-20(19)25-22(28)24-13-16-11-7-8-12-17(16)23/h4-12H,3,13H2,1-2H3,(H2,24,25,28). The summed E-state index contributed by atoms with van der Waals surface area (Å²) < 4.78 is 5.32. The van der Waals surface area contributed by atoms with E-state index in [4.69, 9.17) is 28.6 Å². The molecule has 29 heavy (non-hydrogen) atoms. The summed E-state index contributed by atoms with van der Waals surface area (Å²) in [5, 5.41) is 8.06. The lowest BCUT2D eigenvalue weighted by atomic mass is 10.0. The second-order valence-electron chi connectivity index (χ2n) is 6.22. The smallest absolute Gasteiger partial charge is 0.341 e. The minimum Gasteiger partial charge on any atom is -0.462 e. The van der Waals surface area contributed by atoms with E-state index < -0.39 is 0 Å². The van der Waals surface area contributed by atoms with Crippen LogP contribution in [0.1, 0.15) is 27.7 Å². The number of esters is 1. The van der Waals surface area contributed by atoms with Crippen molar-refractivity contribution in [3.8, 4) is 11.1 Å². The van der Waals surface area contributed by atoms with E-state index in [1.165, 1.54) is 11.3 Å². The molecule has 0 bridgehead atoms. The number of benzene rings is 2. The zero-order chi connectivity index (χ0) is 20.8. The van der Waals surface area contributed by atoms with Gasteiger partial charge in [-0.05, 0) is 43.3 Å². The Morgan fingerprint density at radius 3 is 2.52 bits per heavy atom. The van der Waals surface area contributed by atoms with Crippen LogP contribution in [0.25, 0.3) is 11.1 Å². The van der Waals surface area contributed by atoms with E-state index in [-0.39, 0.29) is 5.97 Å². The highest BCUT2D eigenvalue weighted by Crippen LogP contribution is 2.40. The van der Waals surface area contributed by atoms with Gasteiger partial charge in [-0.3, -0.25) is 0 Å². The van der Waals surface area contributed by atoms with Crippen molar-refractivity contribution in [2.75, 3.05) is 11.9 Å². The molecule has 150 valence electrons. The van der Waals surface area contributed by atoms with Crippen molar-refractivity contribution in [3.05, 3.63) is 75.6 Å². The van der Waals surface area contributed by atoms with E-state index in [1.807, 2.05) is 61.5 Å². The third kappa shape index (κ3) is 5.15. The maximum absolute atomic E-state index is 12.7. The van der Waals surface area contributed by atoms with Gasteiger partial charge in [-0.25, -0.2) is 4.79 Å². The van der Waals surface area contributed by atoms with Crippen LogP contribution in [0.3, 0.4) is 0 Å². The number of nitrogens with one attached hydrogen (secondary N) is 2. The monoisotopic (exact) mass is 444 g/mol. The normalized spacial score (nSPS) is 10.4. The summed E-state index contributed by atoms with van der Waals surface area (Å²) in [6, 6.07) is 17.4. The topological polar surface area (TPSA) is 50.4 Å². The fourth-order valence-electron chi connectivity index (χ4n) is 2.95. The minimum absolute atomic E-state index is 0.302. The molecule has 0 aliphatic rings. The first kappa shape index (κ1) is 21.3. The molecule has 0 unspecified atom stereocenters. The van der Waals surface area contributed by atoms with Crippen LogP contribution in [0.4, 0.5) is 5.00 Å². The summed E-state index contributed by atoms with van der Waals surface area (Å²) in [4.78, 5) is 13.8. The molecule has 3 rings (SSSR count). The Balaban J connectivity index is 1.85. The third-order valence-electron chi connectivity index (χ3n) is 4.25. The molecule has 7 heteroatoms.